The van der Waals surface area contributed by atoms with Crippen molar-refractivity contribution in [3.05, 3.63) is 29.8 Å². The third-order valence-corrected chi connectivity index (χ3v) is 5.44. The van der Waals surface area contributed by atoms with E-state index in [0.29, 0.717) is 37.5 Å². The van der Waals surface area contributed by atoms with Gasteiger partial charge in [-0.05, 0) is 43.9 Å². The molecule has 7 heteroatoms. The van der Waals surface area contributed by atoms with Crippen molar-refractivity contribution in [2.24, 2.45) is 5.92 Å². The minimum Gasteiger partial charge on any atom is -0.378 e. The number of carbonyl (C=O) groups excluding carboxylic acids is 3. The topological polar surface area (TPSA) is 81.8 Å². The van der Waals surface area contributed by atoms with Gasteiger partial charge in [-0.1, -0.05) is 6.07 Å². The maximum Gasteiger partial charge on any atom is 0.251 e. The van der Waals surface area contributed by atoms with Gasteiger partial charge in [0.1, 0.15) is 0 Å². The van der Waals surface area contributed by atoms with Crippen LogP contribution in [0.5, 0.6) is 0 Å². The summed E-state index contributed by atoms with van der Waals surface area (Å²) in [5, 5.41) is 6.10. The highest BCUT2D eigenvalue weighted by Gasteiger charge is 2.33. The normalized spacial score (nSPS) is 22.2. The number of amides is 3. The fraction of sp³-hybridized carbons (Fsp3) is 0.571. The molecule has 1 aromatic rings. The van der Waals surface area contributed by atoms with Crippen LogP contribution in [0.3, 0.4) is 0 Å². The van der Waals surface area contributed by atoms with E-state index in [-0.39, 0.29) is 29.7 Å². The summed E-state index contributed by atoms with van der Waals surface area (Å²) in [5.41, 5.74) is 1.54. The minimum atomic E-state index is -0.219. The van der Waals surface area contributed by atoms with E-state index < -0.39 is 0 Å². The molecule has 1 aromatic carbocycles. The molecule has 2 N–H and O–H groups in total. The molecule has 1 saturated carbocycles. The first kappa shape index (κ1) is 20.2. The molecule has 1 aliphatic carbocycles. The standard InChI is InChI=1S/C21H30N4O3/c1-14(26)25-12-16(21(28)22-17-9-10-17)7-8-18(13-25)23-20(27)15-5-4-6-19(11-15)24(2)3/h4-6,11,16-18H,7-10,12-13H2,1-3H3,(H,22,28)(H,23,27)/t16-,18+/m1/s1. The average Bonchev–Trinajstić information content (AvgIpc) is 3.48. The van der Waals surface area contributed by atoms with Crippen LogP contribution in [0.4, 0.5) is 5.69 Å². The summed E-state index contributed by atoms with van der Waals surface area (Å²) >= 11 is 0. The lowest BCUT2D eigenvalue weighted by Gasteiger charge is -2.25. The monoisotopic (exact) mass is 386 g/mol. The van der Waals surface area contributed by atoms with Gasteiger partial charge in [-0.15, -0.1) is 0 Å². The minimum absolute atomic E-state index is 0.0272. The molecule has 0 bridgehead atoms. The Morgan fingerprint density at radius 1 is 1.00 bits per heavy atom. The van der Waals surface area contributed by atoms with Gasteiger partial charge in [0.15, 0.2) is 0 Å². The number of hydrogen-bond acceptors (Lipinski definition) is 4. The quantitative estimate of drug-likeness (QED) is 0.801. The molecular formula is C21H30N4O3. The van der Waals surface area contributed by atoms with E-state index in [0.717, 1.165) is 18.5 Å². The number of rotatable bonds is 5. The SMILES string of the molecule is CC(=O)N1C[C@@H](NC(=O)c2cccc(N(C)C)c2)CC[C@@H](C(=O)NC2CC2)C1. The maximum atomic E-state index is 12.7. The first-order valence-electron chi connectivity index (χ1n) is 9.97. The summed E-state index contributed by atoms with van der Waals surface area (Å²) in [7, 11) is 3.86. The zero-order chi connectivity index (χ0) is 20.3. The van der Waals surface area contributed by atoms with Crippen molar-refractivity contribution in [2.75, 3.05) is 32.1 Å². The van der Waals surface area contributed by atoms with E-state index in [1.54, 1.807) is 11.0 Å². The molecular weight excluding hydrogens is 356 g/mol. The molecule has 1 saturated heterocycles. The summed E-state index contributed by atoms with van der Waals surface area (Å²) in [6.45, 7) is 2.36. The molecule has 0 spiro atoms. The van der Waals surface area contributed by atoms with Gasteiger partial charge in [0, 0.05) is 57.4 Å². The van der Waals surface area contributed by atoms with Gasteiger partial charge in [-0.2, -0.15) is 0 Å². The van der Waals surface area contributed by atoms with Gasteiger partial charge in [0.2, 0.25) is 11.8 Å². The number of nitrogens with zero attached hydrogens (tertiary/aromatic N) is 2. The molecule has 1 aliphatic heterocycles. The fourth-order valence-corrected chi connectivity index (χ4v) is 3.52. The van der Waals surface area contributed by atoms with Crippen LogP contribution >= 0.6 is 0 Å². The second kappa shape index (κ2) is 8.63. The third kappa shape index (κ3) is 5.24. The van der Waals surface area contributed by atoms with Crippen molar-refractivity contribution in [2.45, 2.75) is 44.7 Å². The fourth-order valence-electron chi connectivity index (χ4n) is 3.52. The second-order valence-electron chi connectivity index (χ2n) is 8.10. The molecule has 7 nitrogen and oxygen atoms in total. The average molecular weight is 386 g/mol. The van der Waals surface area contributed by atoms with Crippen LogP contribution in [0.2, 0.25) is 0 Å². The number of carbonyl (C=O) groups is 3. The summed E-state index contributed by atoms with van der Waals surface area (Å²) in [6, 6.07) is 7.58. The van der Waals surface area contributed by atoms with Gasteiger partial charge in [-0.25, -0.2) is 0 Å². The van der Waals surface area contributed by atoms with Crippen LogP contribution in [0.1, 0.15) is 43.0 Å². The van der Waals surface area contributed by atoms with Crippen molar-refractivity contribution >= 4 is 23.4 Å². The van der Waals surface area contributed by atoms with Crippen LogP contribution < -0.4 is 15.5 Å². The maximum absolute atomic E-state index is 12.7. The van der Waals surface area contributed by atoms with E-state index in [4.69, 9.17) is 0 Å². The predicted octanol–water partition coefficient (Wildman–Crippen LogP) is 1.39. The summed E-state index contributed by atoms with van der Waals surface area (Å²) in [6.07, 6.45) is 3.41. The zero-order valence-corrected chi connectivity index (χ0v) is 16.9. The Balaban J connectivity index is 1.65. The van der Waals surface area contributed by atoms with E-state index in [9.17, 15) is 14.4 Å². The van der Waals surface area contributed by atoms with Gasteiger partial charge < -0.3 is 20.4 Å². The Morgan fingerprint density at radius 2 is 1.71 bits per heavy atom. The van der Waals surface area contributed by atoms with Gasteiger partial charge in [-0.3, -0.25) is 14.4 Å². The molecule has 2 atom stereocenters. The first-order chi connectivity index (χ1) is 13.3. The Labute approximate surface area is 166 Å². The van der Waals surface area contributed by atoms with Crippen molar-refractivity contribution in [1.82, 2.24) is 15.5 Å². The van der Waals surface area contributed by atoms with Crippen LogP contribution in [0, 0.1) is 5.92 Å². The van der Waals surface area contributed by atoms with Gasteiger partial charge >= 0.3 is 0 Å². The number of hydrogen-bond donors (Lipinski definition) is 2. The third-order valence-electron chi connectivity index (χ3n) is 5.44. The summed E-state index contributed by atoms with van der Waals surface area (Å²) in [5.74, 6) is -0.416. The van der Waals surface area contributed by atoms with E-state index >= 15 is 0 Å². The molecule has 0 aromatic heterocycles. The molecule has 0 unspecified atom stereocenters. The highest BCUT2D eigenvalue weighted by Crippen LogP contribution is 2.23. The first-order valence-corrected chi connectivity index (χ1v) is 9.97. The largest absolute Gasteiger partial charge is 0.378 e. The number of nitrogens with one attached hydrogen (secondary N) is 2. The molecule has 152 valence electrons. The van der Waals surface area contributed by atoms with E-state index in [1.807, 2.05) is 37.2 Å². The van der Waals surface area contributed by atoms with E-state index in [1.165, 1.54) is 6.92 Å². The van der Waals surface area contributed by atoms with Gasteiger partial charge in [0.05, 0.1) is 5.92 Å². The lowest BCUT2D eigenvalue weighted by Crippen LogP contribution is -2.45. The molecule has 3 amide bonds. The number of anilines is 1. The number of benzene rings is 1. The predicted molar refractivity (Wildman–Crippen MR) is 108 cm³/mol. The molecule has 28 heavy (non-hydrogen) atoms. The van der Waals surface area contributed by atoms with Gasteiger partial charge in [0.25, 0.3) is 5.91 Å². The zero-order valence-electron chi connectivity index (χ0n) is 16.9. The molecule has 3 rings (SSSR count). The van der Waals surface area contributed by atoms with Crippen LogP contribution in [0.25, 0.3) is 0 Å². The highest BCUT2D eigenvalue weighted by atomic mass is 16.2. The van der Waals surface area contributed by atoms with Crippen LogP contribution in [-0.2, 0) is 9.59 Å². The molecule has 0 radical (unpaired) electrons. The lowest BCUT2D eigenvalue weighted by molar-refractivity contribution is -0.131. The molecule has 2 aliphatic rings. The Bertz CT molecular complexity index is 745. The van der Waals surface area contributed by atoms with E-state index in [2.05, 4.69) is 10.6 Å². The van der Waals surface area contributed by atoms with Crippen LogP contribution in [-0.4, -0.2) is 61.9 Å². The Morgan fingerprint density at radius 3 is 2.36 bits per heavy atom. The molecule has 2 fully saturated rings. The summed E-state index contributed by atoms with van der Waals surface area (Å²) < 4.78 is 0. The molecule has 1 heterocycles. The Kier molecular flexibility index (Phi) is 6.21. The highest BCUT2D eigenvalue weighted by molar-refractivity contribution is 5.95. The Hall–Kier alpha value is -2.57. The van der Waals surface area contributed by atoms with Crippen LogP contribution in [0.15, 0.2) is 24.3 Å². The smallest absolute Gasteiger partial charge is 0.251 e. The number of likely N-dealkylation sites (tertiary alicyclic amines) is 1. The summed E-state index contributed by atoms with van der Waals surface area (Å²) in [4.78, 5) is 40.9. The van der Waals surface area contributed by atoms with Crippen molar-refractivity contribution < 1.29 is 14.4 Å². The second-order valence-corrected chi connectivity index (χ2v) is 8.10. The van der Waals surface area contributed by atoms with Crippen molar-refractivity contribution in [3.8, 4) is 0 Å². The van der Waals surface area contributed by atoms with Crippen molar-refractivity contribution in [1.29, 1.82) is 0 Å². The lowest BCUT2D eigenvalue weighted by atomic mass is 10.0. The van der Waals surface area contributed by atoms with Crippen molar-refractivity contribution in [3.63, 3.8) is 0 Å².